The second-order valence-corrected chi connectivity index (χ2v) is 20.1. The summed E-state index contributed by atoms with van der Waals surface area (Å²) in [6.45, 7) is 13.0. The lowest BCUT2D eigenvalue weighted by Gasteiger charge is -2.42. The Bertz CT molecular complexity index is 1790. The average molecular weight is 976 g/mol. The molecule has 0 bridgehead atoms. The molecule has 3 aliphatic rings. The molecule has 2 aliphatic heterocycles. The number of Topliss-reactive ketones (excluding diaryl/α,β-unsaturated/α-hetero) is 3. The molecule has 0 aromatic carbocycles. The van der Waals surface area contributed by atoms with Gasteiger partial charge in [0.2, 0.25) is 5.79 Å². The molecule has 2 heterocycles. The predicted octanol–water partition coefficient (Wildman–Crippen LogP) is 5.72. The van der Waals surface area contributed by atoms with Crippen LogP contribution >= 0.6 is 0 Å². The van der Waals surface area contributed by atoms with Gasteiger partial charge in [-0.15, -0.1) is 0 Å². The van der Waals surface area contributed by atoms with Crippen LogP contribution in [-0.2, 0) is 47.7 Å². The second kappa shape index (κ2) is 29.2. The maximum Gasteiger partial charge on any atom is 0.326 e. The number of aliphatic hydroxyl groups excluding tert-OH is 3. The zero-order valence-corrected chi connectivity index (χ0v) is 42.9. The number of methoxy groups -OCH3 is 3. The van der Waals surface area contributed by atoms with Gasteiger partial charge in [0.1, 0.15) is 24.0 Å². The summed E-state index contributed by atoms with van der Waals surface area (Å²) in [5.74, 6) is -7.74. The van der Waals surface area contributed by atoms with Crippen LogP contribution in [0.25, 0.3) is 0 Å². The summed E-state index contributed by atoms with van der Waals surface area (Å²) in [5, 5.41) is 52.5. The number of carboxylic acid groups (broad SMARTS) is 1. The molecule has 15 atom stereocenters. The highest BCUT2D eigenvalue weighted by Crippen LogP contribution is 2.37. The molecule has 0 radical (unpaired) electrons. The Labute approximate surface area is 410 Å². The van der Waals surface area contributed by atoms with Gasteiger partial charge in [0.15, 0.2) is 5.78 Å². The highest BCUT2D eigenvalue weighted by atomic mass is 16.6. The van der Waals surface area contributed by atoms with Gasteiger partial charge in [0.25, 0.3) is 11.7 Å². The van der Waals surface area contributed by atoms with Crippen LogP contribution in [-0.4, -0.2) is 155 Å². The zero-order chi connectivity index (χ0) is 51.6. The van der Waals surface area contributed by atoms with E-state index in [-0.39, 0.29) is 68.2 Å². The van der Waals surface area contributed by atoms with Gasteiger partial charge in [-0.1, -0.05) is 71.1 Å². The van der Waals surface area contributed by atoms with Crippen molar-refractivity contribution in [2.45, 2.75) is 180 Å². The molecule has 1 aliphatic carbocycles. The van der Waals surface area contributed by atoms with E-state index in [1.807, 2.05) is 51.2 Å². The number of carboxylic acids is 1. The van der Waals surface area contributed by atoms with Crippen LogP contribution < -0.4 is 0 Å². The number of hydrogen-bond donors (Lipinski definition) is 5. The Morgan fingerprint density at radius 3 is 2.22 bits per heavy atom. The predicted molar refractivity (Wildman–Crippen MR) is 260 cm³/mol. The number of carbonyl (C=O) groups excluding carboxylic acids is 4. The summed E-state index contributed by atoms with van der Waals surface area (Å²) < 4.78 is 28.7. The number of allylic oxidation sites excluding steroid dienone is 6. The van der Waals surface area contributed by atoms with E-state index in [4.69, 9.17) is 28.8 Å². The van der Waals surface area contributed by atoms with Crippen molar-refractivity contribution < 1.29 is 73.2 Å². The van der Waals surface area contributed by atoms with Crippen LogP contribution in [0.1, 0.15) is 126 Å². The second-order valence-electron chi connectivity index (χ2n) is 20.1. The Morgan fingerprint density at radius 1 is 0.870 bits per heavy atom. The number of carbonyl (C=O) groups is 5. The first-order valence-electron chi connectivity index (χ1n) is 25.0. The van der Waals surface area contributed by atoms with E-state index in [0.29, 0.717) is 50.0 Å². The molecule has 16 heteroatoms. The number of aliphatic carboxylic acids is 1. The fourth-order valence-corrected chi connectivity index (χ4v) is 10.1. The molecule has 392 valence electrons. The van der Waals surface area contributed by atoms with E-state index >= 15 is 0 Å². The Hall–Kier alpha value is -3.45. The molecule has 2 unspecified atom stereocenters. The van der Waals surface area contributed by atoms with Crippen LogP contribution in [0, 0.1) is 35.5 Å². The van der Waals surface area contributed by atoms with E-state index in [9.17, 15) is 44.4 Å². The largest absolute Gasteiger partial charge is 0.480 e. The maximum absolute atomic E-state index is 13.6. The quantitative estimate of drug-likeness (QED) is 0.0359. The molecule has 5 N–H and O–H groups in total. The summed E-state index contributed by atoms with van der Waals surface area (Å²) in [4.78, 5) is 66.4. The van der Waals surface area contributed by atoms with Gasteiger partial charge >= 0.3 is 5.97 Å². The Kier molecular flexibility index (Phi) is 25.3. The fraction of sp³-hybridized carbons (Fsp3) is 0.755. The van der Waals surface area contributed by atoms with Crippen molar-refractivity contribution in [2.24, 2.45) is 35.5 Å². The zero-order valence-electron chi connectivity index (χ0n) is 42.9. The third kappa shape index (κ3) is 17.4. The molecule has 1 saturated carbocycles. The smallest absolute Gasteiger partial charge is 0.326 e. The van der Waals surface area contributed by atoms with Crippen molar-refractivity contribution >= 4 is 29.2 Å². The number of hydrogen-bond acceptors (Lipinski definition) is 14. The first kappa shape index (κ1) is 59.9. The van der Waals surface area contributed by atoms with E-state index in [0.717, 1.165) is 36.2 Å². The van der Waals surface area contributed by atoms with Crippen molar-refractivity contribution in [3.63, 3.8) is 0 Å². The van der Waals surface area contributed by atoms with Gasteiger partial charge in [0, 0.05) is 58.5 Å². The maximum atomic E-state index is 13.6. The summed E-state index contributed by atoms with van der Waals surface area (Å²) in [6, 6.07) is -1.12. The summed E-state index contributed by atoms with van der Waals surface area (Å²) in [5.41, 5.74) is 1.29. The van der Waals surface area contributed by atoms with Crippen LogP contribution in [0.3, 0.4) is 0 Å². The minimum Gasteiger partial charge on any atom is -0.480 e. The highest BCUT2D eigenvalue weighted by molar-refractivity contribution is 6.39. The molecule has 69 heavy (non-hydrogen) atoms. The molecule has 0 spiro atoms. The number of nitrogens with zero attached hydrogens (tertiary/aromatic N) is 1. The summed E-state index contributed by atoms with van der Waals surface area (Å²) >= 11 is 0. The first-order chi connectivity index (χ1) is 32.6. The topological polar surface area (TPSA) is 236 Å². The van der Waals surface area contributed by atoms with Crippen LogP contribution in [0.2, 0.25) is 0 Å². The van der Waals surface area contributed by atoms with Crippen molar-refractivity contribution in [2.75, 3.05) is 41.1 Å². The fourth-order valence-electron chi connectivity index (χ4n) is 10.1. The van der Waals surface area contributed by atoms with Crippen molar-refractivity contribution in [3.8, 4) is 0 Å². The van der Waals surface area contributed by atoms with E-state index in [1.54, 1.807) is 48.0 Å². The monoisotopic (exact) mass is 976 g/mol. The summed E-state index contributed by atoms with van der Waals surface area (Å²) in [6.07, 6.45) is 13.0. The molecule has 0 aromatic heterocycles. The average Bonchev–Trinajstić information content (AvgIpc) is 3.32. The normalized spacial score (nSPS) is 28.7. The number of amides is 1. The molecule has 3 fully saturated rings. The number of aliphatic hydroxyl groups is 4. The molecule has 2 saturated heterocycles. The van der Waals surface area contributed by atoms with Crippen LogP contribution in [0.15, 0.2) is 47.6 Å². The molecule has 16 nitrogen and oxygen atoms in total. The molecule has 1 amide bonds. The van der Waals surface area contributed by atoms with Crippen molar-refractivity contribution in [1.29, 1.82) is 0 Å². The van der Waals surface area contributed by atoms with Gasteiger partial charge in [-0.3, -0.25) is 19.2 Å². The molecular weight excluding hydrogens is 891 g/mol. The molecular formula is C53H85NO15. The lowest BCUT2D eigenvalue weighted by molar-refractivity contribution is -0.265. The minimum atomic E-state index is -2.39. The van der Waals surface area contributed by atoms with E-state index in [2.05, 4.69) is 0 Å². The molecule has 0 aromatic rings. The number of rotatable bonds is 28. The lowest BCUT2D eigenvalue weighted by atomic mass is 9.78. The number of likely N-dealkylation sites (tertiary alicyclic amines) is 1. The van der Waals surface area contributed by atoms with Gasteiger partial charge in [-0.25, -0.2) is 4.79 Å². The minimum absolute atomic E-state index is 0.00502. The van der Waals surface area contributed by atoms with E-state index < -0.39 is 77.8 Å². The van der Waals surface area contributed by atoms with Gasteiger partial charge in [0.05, 0.1) is 43.7 Å². The third-order valence-corrected chi connectivity index (χ3v) is 14.7. The van der Waals surface area contributed by atoms with Crippen molar-refractivity contribution in [1.82, 2.24) is 4.90 Å². The van der Waals surface area contributed by atoms with Crippen LogP contribution in [0.4, 0.5) is 0 Å². The summed E-state index contributed by atoms with van der Waals surface area (Å²) in [7, 11) is 4.58. The first-order valence-corrected chi connectivity index (χ1v) is 25.0. The Morgan fingerprint density at radius 2 is 1.58 bits per heavy atom. The standard InChI is InChI=1S/C53H85NO15/c1-32(16-12-11-13-17-33(2)45(65-8)30-40-21-19-38(7)53(64,69-40)50(60)51(61)54-23-15-14-18-41(54)52(62)63)26-36(5)47(58)49(67-10)48(59)37(6)27-34(3)42(56)31-43(57)35(4)28-39-20-22-44(68-25-24-55)46(29-39)66-9/h11-13,16-17,27,32,34-36,38-41,43-46,48-49,55,57,59,64H,14-15,18-26,28-31H2,1-10H3,(H,62,63)/b13-11+,16-12+,33-17+,37-27+/t32-,34-,35-,36-,38-,39+,40?,41+,43-,44-,45+,46-,48-,49+,53?/m1/s1. The van der Waals surface area contributed by atoms with Crippen LogP contribution in [0.5, 0.6) is 0 Å². The van der Waals surface area contributed by atoms with E-state index in [1.165, 1.54) is 7.11 Å². The highest BCUT2D eigenvalue weighted by Gasteiger charge is 2.53. The lowest BCUT2D eigenvalue weighted by Crippen LogP contribution is -2.60. The number of ketones is 3. The number of piperidine rings is 1. The molecule has 3 rings (SSSR count). The third-order valence-electron chi connectivity index (χ3n) is 14.7. The SMILES string of the molecule is CO[C@@H](CC1CC[C@@H](C)C(O)(C(=O)C(=O)N2CCCC[C@H]2C(=O)O)O1)/C(C)=C/C=C/C=C/[C@@H](C)C[C@@H](C)C(=O)[C@H](OC)[C@H](O)/C(C)=C/[C@@H](C)C(=O)C[C@@H](O)[C@H](C)C[C@@H]1CC[C@@H](OCCO)[C@H](OC)C1. The number of ether oxygens (including phenoxy) is 5. The van der Waals surface area contributed by atoms with Gasteiger partial charge in [-0.2, -0.15) is 0 Å². The Balaban J connectivity index is 1.50. The van der Waals surface area contributed by atoms with Gasteiger partial charge in [-0.05, 0) is 107 Å². The van der Waals surface area contributed by atoms with Gasteiger partial charge < -0.3 is 54.1 Å². The van der Waals surface area contributed by atoms with Crippen molar-refractivity contribution in [3.05, 3.63) is 47.6 Å².